The Morgan fingerprint density at radius 2 is 1.79 bits per heavy atom. The summed E-state index contributed by atoms with van der Waals surface area (Å²) < 4.78 is 19.7. The number of hydrogen-bond acceptors (Lipinski definition) is 2. The van der Waals surface area contributed by atoms with Gasteiger partial charge in [-0.3, -0.25) is 4.79 Å². The zero-order chi connectivity index (χ0) is 16.9. The van der Waals surface area contributed by atoms with Crippen LogP contribution in [0.5, 0.6) is 5.75 Å². The van der Waals surface area contributed by atoms with E-state index in [-0.39, 0.29) is 5.02 Å². The molecule has 3 aromatic rings. The molecular formula is C20H14ClFO2. The summed E-state index contributed by atoms with van der Waals surface area (Å²) in [5.74, 6) is 0.0610. The lowest BCUT2D eigenvalue weighted by molar-refractivity contribution is 0.112. The average molecular weight is 341 g/mol. The van der Waals surface area contributed by atoms with Gasteiger partial charge in [0.25, 0.3) is 0 Å². The number of aldehydes is 1. The second-order valence-corrected chi connectivity index (χ2v) is 5.68. The molecule has 0 aliphatic heterocycles. The average Bonchev–Trinajstić information content (AvgIpc) is 2.63. The van der Waals surface area contributed by atoms with E-state index >= 15 is 0 Å². The molecule has 0 aliphatic rings. The largest absolute Gasteiger partial charge is 0.488 e. The van der Waals surface area contributed by atoms with Crippen molar-refractivity contribution in [3.05, 3.63) is 88.7 Å². The molecule has 0 aliphatic carbocycles. The Balaban J connectivity index is 1.96. The molecule has 0 N–H and O–H groups in total. The minimum absolute atomic E-state index is 0.0528. The molecule has 0 radical (unpaired) electrons. The van der Waals surface area contributed by atoms with Crippen molar-refractivity contribution in [3.8, 4) is 16.9 Å². The van der Waals surface area contributed by atoms with Crippen LogP contribution in [0.3, 0.4) is 0 Å². The third-order valence-corrected chi connectivity index (χ3v) is 3.91. The number of carbonyl (C=O) groups is 1. The van der Waals surface area contributed by atoms with Crippen molar-refractivity contribution in [3.63, 3.8) is 0 Å². The molecule has 0 fully saturated rings. The first-order valence-electron chi connectivity index (χ1n) is 7.39. The third-order valence-electron chi connectivity index (χ3n) is 3.61. The van der Waals surface area contributed by atoms with Crippen LogP contribution < -0.4 is 4.74 Å². The standard InChI is InChI=1S/C20H14ClFO2/c21-18-8-7-16(11-19(18)22)17-10-15(12-23)6-9-20(17)24-13-14-4-2-1-3-5-14/h1-12H,13H2. The van der Waals surface area contributed by atoms with E-state index in [0.29, 0.717) is 29.0 Å². The third kappa shape index (κ3) is 3.63. The summed E-state index contributed by atoms with van der Waals surface area (Å²) in [5, 5.41) is 0.0528. The number of hydrogen-bond donors (Lipinski definition) is 0. The van der Waals surface area contributed by atoms with E-state index in [4.69, 9.17) is 16.3 Å². The van der Waals surface area contributed by atoms with E-state index in [0.717, 1.165) is 11.8 Å². The van der Waals surface area contributed by atoms with Crippen molar-refractivity contribution in [2.24, 2.45) is 0 Å². The van der Waals surface area contributed by atoms with Gasteiger partial charge in [0.1, 0.15) is 24.5 Å². The van der Waals surface area contributed by atoms with E-state index in [9.17, 15) is 9.18 Å². The monoisotopic (exact) mass is 340 g/mol. The van der Waals surface area contributed by atoms with Crippen LogP contribution in [0.25, 0.3) is 11.1 Å². The number of rotatable bonds is 5. The van der Waals surface area contributed by atoms with Crippen LogP contribution in [0.4, 0.5) is 4.39 Å². The quantitative estimate of drug-likeness (QED) is 0.570. The Hall–Kier alpha value is -2.65. The zero-order valence-corrected chi connectivity index (χ0v) is 13.5. The van der Waals surface area contributed by atoms with Crippen LogP contribution in [0.15, 0.2) is 66.7 Å². The molecule has 3 rings (SSSR count). The second-order valence-electron chi connectivity index (χ2n) is 5.28. The van der Waals surface area contributed by atoms with Gasteiger partial charge in [-0.15, -0.1) is 0 Å². The highest BCUT2D eigenvalue weighted by Crippen LogP contribution is 2.33. The summed E-state index contributed by atoms with van der Waals surface area (Å²) in [6.07, 6.45) is 0.747. The molecule has 3 aromatic carbocycles. The topological polar surface area (TPSA) is 26.3 Å². The molecule has 0 aromatic heterocycles. The van der Waals surface area contributed by atoms with Crippen molar-refractivity contribution in [2.75, 3.05) is 0 Å². The first kappa shape index (κ1) is 16.2. The Morgan fingerprint density at radius 3 is 2.50 bits per heavy atom. The summed E-state index contributed by atoms with van der Waals surface area (Å²) in [4.78, 5) is 11.1. The van der Waals surface area contributed by atoms with Crippen molar-refractivity contribution >= 4 is 17.9 Å². The molecule has 0 amide bonds. The maximum Gasteiger partial charge on any atom is 0.150 e. The summed E-state index contributed by atoms with van der Waals surface area (Å²) in [7, 11) is 0. The van der Waals surface area contributed by atoms with Crippen molar-refractivity contribution < 1.29 is 13.9 Å². The van der Waals surface area contributed by atoms with Gasteiger partial charge in [-0.25, -0.2) is 4.39 Å². The maximum absolute atomic E-state index is 13.8. The summed E-state index contributed by atoms with van der Waals surface area (Å²) in [6.45, 7) is 0.379. The van der Waals surface area contributed by atoms with Gasteiger partial charge in [0, 0.05) is 11.1 Å². The number of halogens is 2. The van der Waals surface area contributed by atoms with Gasteiger partial charge in [-0.1, -0.05) is 48.0 Å². The summed E-state index contributed by atoms with van der Waals surface area (Å²) >= 11 is 5.75. The minimum Gasteiger partial charge on any atom is -0.488 e. The van der Waals surface area contributed by atoms with Crippen molar-refractivity contribution in [2.45, 2.75) is 6.61 Å². The highest BCUT2D eigenvalue weighted by molar-refractivity contribution is 6.30. The van der Waals surface area contributed by atoms with Gasteiger partial charge < -0.3 is 4.74 Å². The minimum atomic E-state index is -0.514. The smallest absolute Gasteiger partial charge is 0.150 e. The van der Waals surface area contributed by atoms with E-state index in [1.165, 1.54) is 12.1 Å². The molecule has 0 unspecified atom stereocenters. The second kappa shape index (κ2) is 7.28. The van der Waals surface area contributed by atoms with Gasteiger partial charge in [0.2, 0.25) is 0 Å². The Bertz CT molecular complexity index is 863. The molecular weight excluding hydrogens is 327 g/mol. The fraction of sp³-hybridized carbons (Fsp3) is 0.0500. The lowest BCUT2D eigenvalue weighted by Crippen LogP contribution is -1.98. The molecule has 0 saturated carbocycles. The Labute approximate surface area is 144 Å². The molecule has 4 heteroatoms. The summed E-state index contributed by atoms with van der Waals surface area (Å²) in [6, 6.07) is 19.3. The molecule has 120 valence electrons. The molecule has 0 heterocycles. The van der Waals surface area contributed by atoms with E-state index in [1.54, 1.807) is 24.3 Å². The van der Waals surface area contributed by atoms with Crippen molar-refractivity contribution in [1.82, 2.24) is 0 Å². The number of benzene rings is 3. The molecule has 0 spiro atoms. The molecule has 24 heavy (non-hydrogen) atoms. The lowest BCUT2D eigenvalue weighted by atomic mass is 10.0. The Kier molecular flexibility index (Phi) is 4.92. The SMILES string of the molecule is O=Cc1ccc(OCc2ccccc2)c(-c2ccc(Cl)c(F)c2)c1. The van der Waals surface area contributed by atoms with Crippen LogP contribution in [0.2, 0.25) is 5.02 Å². The molecule has 0 bridgehead atoms. The van der Waals surface area contributed by atoms with Crippen LogP contribution in [0.1, 0.15) is 15.9 Å². The number of ether oxygens (including phenoxy) is 1. The van der Waals surface area contributed by atoms with Crippen LogP contribution in [0, 0.1) is 5.82 Å². The van der Waals surface area contributed by atoms with Crippen LogP contribution in [-0.4, -0.2) is 6.29 Å². The predicted molar refractivity (Wildman–Crippen MR) is 93.0 cm³/mol. The molecule has 2 nitrogen and oxygen atoms in total. The van der Waals surface area contributed by atoms with Gasteiger partial charge >= 0.3 is 0 Å². The highest BCUT2D eigenvalue weighted by atomic mass is 35.5. The number of carbonyl (C=O) groups excluding carboxylic acids is 1. The normalized spacial score (nSPS) is 10.4. The highest BCUT2D eigenvalue weighted by Gasteiger charge is 2.11. The molecule has 0 saturated heterocycles. The van der Waals surface area contributed by atoms with Crippen LogP contribution >= 0.6 is 11.6 Å². The zero-order valence-electron chi connectivity index (χ0n) is 12.7. The van der Waals surface area contributed by atoms with Crippen molar-refractivity contribution in [1.29, 1.82) is 0 Å². The molecule has 0 atom stereocenters. The van der Waals surface area contributed by atoms with E-state index in [2.05, 4.69) is 0 Å². The fourth-order valence-corrected chi connectivity index (χ4v) is 2.49. The first-order valence-corrected chi connectivity index (χ1v) is 7.76. The van der Waals surface area contributed by atoms with E-state index < -0.39 is 5.82 Å². The fourth-order valence-electron chi connectivity index (χ4n) is 2.37. The van der Waals surface area contributed by atoms with Gasteiger partial charge in [-0.05, 0) is 41.5 Å². The summed E-state index contributed by atoms with van der Waals surface area (Å²) in [5.41, 5.74) is 2.76. The predicted octanol–water partition coefficient (Wildman–Crippen LogP) is 5.54. The van der Waals surface area contributed by atoms with Gasteiger partial charge in [-0.2, -0.15) is 0 Å². The Morgan fingerprint density at radius 1 is 1.00 bits per heavy atom. The van der Waals surface area contributed by atoms with Crippen LogP contribution in [-0.2, 0) is 6.61 Å². The lowest BCUT2D eigenvalue weighted by Gasteiger charge is -2.13. The van der Waals surface area contributed by atoms with Gasteiger partial charge in [0.15, 0.2) is 0 Å². The first-order chi connectivity index (χ1) is 11.7. The maximum atomic E-state index is 13.8. The van der Waals surface area contributed by atoms with E-state index in [1.807, 2.05) is 30.3 Å². The van der Waals surface area contributed by atoms with Gasteiger partial charge in [0.05, 0.1) is 5.02 Å².